The Bertz CT molecular complexity index is 568. The predicted molar refractivity (Wildman–Crippen MR) is 95.9 cm³/mol. The van der Waals surface area contributed by atoms with Gasteiger partial charge in [0.15, 0.2) is 0 Å². The van der Waals surface area contributed by atoms with E-state index in [-0.39, 0.29) is 18.0 Å². The SMILES string of the molecule is CCOC(=O)N1CCN([C@H](C)C(=O)Nc2ccc(OCC)cc2)CC1. The molecule has 1 N–H and O–H groups in total. The molecule has 0 aliphatic carbocycles. The molecule has 2 rings (SSSR count). The van der Waals surface area contributed by atoms with Crippen LogP contribution in [0.3, 0.4) is 0 Å². The monoisotopic (exact) mass is 349 g/mol. The second-order valence-corrected chi connectivity index (χ2v) is 5.84. The van der Waals surface area contributed by atoms with Gasteiger partial charge in [0, 0.05) is 31.9 Å². The van der Waals surface area contributed by atoms with E-state index in [9.17, 15) is 9.59 Å². The second-order valence-electron chi connectivity index (χ2n) is 5.84. The first-order chi connectivity index (χ1) is 12.0. The molecule has 0 aromatic heterocycles. The number of carbonyl (C=O) groups is 2. The molecule has 0 spiro atoms. The third kappa shape index (κ3) is 5.35. The number of benzene rings is 1. The normalized spacial score (nSPS) is 16.2. The number of nitrogens with zero attached hydrogens (tertiary/aromatic N) is 2. The Hall–Kier alpha value is -2.28. The average Bonchev–Trinajstić information content (AvgIpc) is 2.63. The molecule has 0 unspecified atom stereocenters. The van der Waals surface area contributed by atoms with Crippen LogP contribution in [0.1, 0.15) is 20.8 Å². The van der Waals surface area contributed by atoms with E-state index in [1.165, 1.54) is 0 Å². The number of hydrogen-bond donors (Lipinski definition) is 1. The summed E-state index contributed by atoms with van der Waals surface area (Å²) in [7, 11) is 0. The smallest absolute Gasteiger partial charge is 0.409 e. The number of ether oxygens (including phenoxy) is 2. The maximum Gasteiger partial charge on any atom is 0.409 e. The van der Waals surface area contributed by atoms with Gasteiger partial charge in [-0.3, -0.25) is 9.69 Å². The molecule has 1 aliphatic rings. The first-order valence-corrected chi connectivity index (χ1v) is 8.74. The van der Waals surface area contributed by atoms with Crippen LogP contribution in [0.4, 0.5) is 10.5 Å². The fraction of sp³-hybridized carbons (Fsp3) is 0.556. The lowest BCUT2D eigenvalue weighted by Gasteiger charge is -2.36. The van der Waals surface area contributed by atoms with Gasteiger partial charge in [-0.15, -0.1) is 0 Å². The molecule has 1 atom stereocenters. The van der Waals surface area contributed by atoms with Gasteiger partial charge in [-0.1, -0.05) is 0 Å². The van der Waals surface area contributed by atoms with Crippen molar-refractivity contribution in [3.63, 3.8) is 0 Å². The van der Waals surface area contributed by atoms with Crippen molar-refractivity contribution in [1.82, 2.24) is 9.80 Å². The molecule has 2 amide bonds. The number of anilines is 1. The minimum atomic E-state index is -0.284. The molecule has 7 nitrogen and oxygen atoms in total. The Morgan fingerprint density at radius 2 is 1.72 bits per heavy atom. The van der Waals surface area contributed by atoms with Crippen molar-refractivity contribution in [1.29, 1.82) is 0 Å². The number of carbonyl (C=O) groups excluding carboxylic acids is 2. The van der Waals surface area contributed by atoms with Gasteiger partial charge in [0.2, 0.25) is 5.91 Å². The van der Waals surface area contributed by atoms with Crippen LogP contribution >= 0.6 is 0 Å². The molecular formula is C18H27N3O4. The van der Waals surface area contributed by atoms with Crippen molar-refractivity contribution in [2.75, 3.05) is 44.7 Å². The first kappa shape index (κ1) is 19.1. The molecule has 0 saturated carbocycles. The zero-order valence-electron chi connectivity index (χ0n) is 15.2. The Morgan fingerprint density at radius 3 is 2.28 bits per heavy atom. The minimum absolute atomic E-state index is 0.0613. The van der Waals surface area contributed by atoms with Crippen LogP contribution in [-0.2, 0) is 9.53 Å². The van der Waals surface area contributed by atoms with Crippen LogP contribution in [0, 0.1) is 0 Å². The van der Waals surface area contributed by atoms with Gasteiger partial charge < -0.3 is 19.7 Å². The first-order valence-electron chi connectivity index (χ1n) is 8.74. The molecule has 1 aromatic rings. The molecule has 1 heterocycles. The summed E-state index contributed by atoms with van der Waals surface area (Å²) >= 11 is 0. The van der Waals surface area contributed by atoms with E-state index >= 15 is 0 Å². The molecule has 1 saturated heterocycles. The van der Waals surface area contributed by atoms with E-state index < -0.39 is 0 Å². The van der Waals surface area contributed by atoms with Crippen molar-refractivity contribution in [3.05, 3.63) is 24.3 Å². The molecule has 0 radical (unpaired) electrons. The number of amides is 2. The molecular weight excluding hydrogens is 322 g/mol. The zero-order chi connectivity index (χ0) is 18.2. The largest absolute Gasteiger partial charge is 0.494 e. The van der Waals surface area contributed by atoms with E-state index in [2.05, 4.69) is 10.2 Å². The number of rotatable bonds is 6. The predicted octanol–water partition coefficient (Wildman–Crippen LogP) is 2.19. The molecule has 1 aliphatic heterocycles. The van der Waals surface area contributed by atoms with Crippen molar-refractivity contribution < 1.29 is 19.1 Å². The highest BCUT2D eigenvalue weighted by atomic mass is 16.6. The summed E-state index contributed by atoms with van der Waals surface area (Å²) < 4.78 is 10.4. The minimum Gasteiger partial charge on any atom is -0.494 e. The lowest BCUT2D eigenvalue weighted by molar-refractivity contribution is -0.121. The summed E-state index contributed by atoms with van der Waals surface area (Å²) in [5.41, 5.74) is 0.741. The van der Waals surface area contributed by atoms with E-state index in [4.69, 9.17) is 9.47 Å². The van der Waals surface area contributed by atoms with Gasteiger partial charge in [0.25, 0.3) is 0 Å². The average molecular weight is 349 g/mol. The van der Waals surface area contributed by atoms with Crippen LogP contribution in [0.5, 0.6) is 5.75 Å². The topological polar surface area (TPSA) is 71.1 Å². The summed E-state index contributed by atoms with van der Waals surface area (Å²) in [4.78, 5) is 27.9. The standard InChI is InChI=1S/C18H27N3O4/c1-4-24-16-8-6-15(7-9-16)19-17(22)14(3)20-10-12-21(13-11-20)18(23)25-5-2/h6-9,14H,4-5,10-13H2,1-3H3,(H,19,22)/t14-/m1/s1. The van der Waals surface area contributed by atoms with Crippen molar-refractivity contribution in [3.8, 4) is 5.75 Å². The van der Waals surface area contributed by atoms with Gasteiger partial charge in [0.05, 0.1) is 19.3 Å². The zero-order valence-corrected chi connectivity index (χ0v) is 15.2. The van der Waals surface area contributed by atoms with Gasteiger partial charge in [-0.2, -0.15) is 0 Å². The Morgan fingerprint density at radius 1 is 1.08 bits per heavy atom. The summed E-state index contributed by atoms with van der Waals surface area (Å²) in [6.45, 7) is 9.03. The second kappa shape index (κ2) is 9.27. The van der Waals surface area contributed by atoms with Crippen LogP contribution < -0.4 is 10.1 Å². The summed E-state index contributed by atoms with van der Waals surface area (Å²) in [5, 5.41) is 2.92. The van der Waals surface area contributed by atoms with E-state index in [0.29, 0.717) is 39.4 Å². The molecule has 25 heavy (non-hydrogen) atoms. The Balaban J connectivity index is 1.83. The van der Waals surface area contributed by atoms with Crippen LogP contribution in [0.25, 0.3) is 0 Å². The fourth-order valence-electron chi connectivity index (χ4n) is 2.72. The summed E-state index contributed by atoms with van der Waals surface area (Å²) in [6, 6.07) is 7.06. The maximum absolute atomic E-state index is 12.5. The Labute approximate surface area is 148 Å². The fourth-order valence-corrected chi connectivity index (χ4v) is 2.72. The van der Waals surface area contributed by atoms with Crippen LogP contribution in [0.2, 0.25) is 0 Å². The van der Waals surface area contributed by atoms with Gasteiger partial charge in [0.1, 0.15) is 5.75 Å². The number of nitrogens with one attached hydrogen (secondary N) is 1. The van der Waals surface area contributed by atoms with Gasteiger partial charge in [-0.05, 0) is 45.0 Å². The highest BCUT2D eigenvalue weighted by Crippen LogP contribution is 2.16. The van der Waals surface area contributed by atoms with E-state index in [1.807, 2.05) is 38.1 Å². The third-order valence-corrected chi connectivity index (χ3v) is 4.20. The lowest BCUT2D eigenvalue weighted by Crippen LogP contribution is -2.54. The number of piperazine rings is 1. The third-order valence-electron chi connectivity index (χ3n) is 4.20. The Kier molecular flexibility index (Phi) is 7.06. The van der Waals surface area contributed by atoms with Crippen molar-refractivity contribution in [2.45, 2.75) is 26.8 Å². The van der Waals surface area contributed by atoms with Crippen LogP contribution in [-0.4, -0.2) is 67.2 Å². The molecule has 0 bridgehead atoms. The van der Waals surface area contributed by atoms with E-state index in [1.54, 1.807) is 11.8 Å². The lowest BCUT2D eigenvalue weighted by atomic mass is 10.2. The van der Waals surface area contributed by atoms with E-state index in [0.717, 1.165) is 11.4 Å². The highest BCUT2D eigenvalue weighted by molar-refractivity contribution is 5.94. The summed E-state index contributed by atoms with van der Waals surface area (Å²) in [5.74, 6) is 0.720. The maximum atomic E-state index is 12.5. The molecule has 1 fully saturated rings. The number of hydrogen-bond acceptors (Lipinski definition) is 5. The quantitative estimate of drug-likeness (QED) is 0.852. The molecule has 7 heteroatoms. The highest BCUT2D eigenvalue weighted by Gasteiger charge is 2.27. The molecule has 1 aromatic carbocycles. The van der Waals surface area contributed by atoms with Gasteiger partial charge in [-0.25, -0.2) is 4.79 Å². The molecule has 138 valence electrons. The van der Waals surface area contributed by atoms with Crippen molar-refractivity contribution in [2.24, 2.45) is 0 Å². The van der Waals surface area contributed by atoms with Crippen molar-refractivity contribution >= 4 is 17.7 Å². The summed E-state index contributed by atoms with van der Waals surface area (Å²) in [6.07, 6.45) is -0.284. The van der Waals surface area contributed by atoms with Gasteiger partial charge >= 0.3 is 6.09 Å². The van der Waals surface area contributed by atoms with Crippen LogP contribution in [0.15, 0.2) is 24.3 Å².